The number of para-hydroxylation sites is 2. The minimum atomic E-state index is 0.256. The molecule has 2 aromatic heterocycles. The molecule has 0 saturated heterocycles. The smallest absolute Gasteiger partial charge is 0.0890 e. The lowest BCUT2D eigenvalue weighted by atomic mass is 10.0. The highest BCUT2D eigenvalue weighted by atomic mass is 32.1. The van der Waals surface area contributed by atoms with Crippen LogP contribution in [0.25, 0.3) is 11.0 Å². The molecule has 1 aromatic carbocycles. The molecular formula is C17H19N3S. The van der Waals surface area contributed by atoms with Gasteiger partial charge in [-0.3, -0.25) is 4.98 Å². The predicted octanol–water partition coefficient (Wildman–Crippen LogP) is 3.97. The molecule has 4 heteroatoms. The van der Waals surface area contributed by atoms with Crippen molar-refractivity contribution in [1.29, 1.82) is 0 Å². The van der Waals surface area contributed by atoms with Crippen molar-refractivity contribution in [3.8, 4) is 0 Å². The van der Waals surface area contributed by atoms with E-state index >= 15 is 0 Å². The molecule has 1 atom stereocenters. The fourth-order valence-corrected chi connectivity index (χ4v) is 3.19. The molecule has 0 radical (unpaired) electrons. The van der Waals surface area contributed by atoms with Gasteiger partial charge in [0.05, 0.1) is 29.0 Å². The Morgan fingerprint density at radius 3 is 2.81 bits per heavy atom. The van der Waals surface area contributed by atoms with Crippen LogP contribution in [0, 0.1) is 0 Å². The standard InChI is InChI=1S/C17H19N3S/c1-2-18-15(8-7-13-9-10-21-12-13)17-11-19-14-5-3-4-6-16(14)20-17/h3-6,9-12,15,18H,2,7-8H2,1H3. The number of hydrogen-bond acceptors (Lipinski definition) is 4. The van der Waals surface area contributed by atoms with Gasteiger partial charge in [0.1, 0.15) is 0 Å². The zero-order valence-electron chi connectivity index (χ0n) is 12.1. The Morgan fingerprint density at radius 1 is 1.19 bits per heavy atom. The van der Waals surface area contributed by atoms with E-state index in [0.717, 1.165) is 36.1 Å². The number of fused-ring (bicyclic) bond motifs is 1. The zero-order chi connectivity index (χ0) is 14.5. The third-order valence-corrected chi connectivity index (χ3v) is 4.31. The molecule has 0 saturated carbocycles. The molecule has 0 bridgehead atoms. The lowest BCUT2D eigenvalue weighted by Crippen LogP contribution is -2.22. The molecule has 0 spiro atoms. The second-order valence-electron chi connectivity index (χ2n) is 5.06. The van der Waals surface area contributed by atoms with Gasteiger partial charge in [-0.1, -0.05) is 19.1 Å². The minimum absolute atomic E-state index is 0.256. The second-order valence-corrected chi connectivity index (χ2v) is 5.84. The molecule has 2 heterocycles. The summed E-state index contributed by atoms with van der Waals surface area (Å²) in [7, 11) is 0. The van der Waals surface area contributed by atoms with Gasteiger partial charge < -0.3 is 5.32 Å². The van der Waals surface area contributed by atoms with E-state index in [2.05, 4.69) is 34.1 Å². The average molecular weight is 297 g/mol. The van der Waals surface area contributed by atoms with Crippen LogP contribution in [0.4, 0.5) is 0 Å². The fraction of sp³-hybridized carbons (Fsp3) is 0.294. The van der Waals surface area contributed by atoms with Gasteiger partial charge in [0, 0.05) is 0 Å². The number of nitrogens with zero attached hydrogens (tertiary/aromatic N) is 2. The van der Waals surface area contributed by atoms with E-state index in [1.54, 1.807) is 11.3 Å². The summed E-state index contributed by atoms with van der Waals surface area (Å²) in [4.78, 5) is 9.30. The van der Waals surface area contributed by atoms with Crippen LogP contribution >= 0.6 is 11.3 Å². The van der Waals surface area contributed by atoms with Gasteiger partial charge >= 0.3 is 0 Å². The van der Waals surface area contributed by atoms with Crippen molar-refractivity contribution < 1.29 is 0 Å². The van der Waals surface area contributed by atoms with Crippen molar-refractivity contribution in [3.05, 3.63) is 58.5 Å². The van der Waals surface area contributed by atoms with Crippen molar-refractivity contribution in [1.82, 2.24) is 15.3 Å². The van der Waals surface area contributed by atoms with Crippen LogP contribution < -0.4 is 5.32 Å². The number of aromatic nitrogens is 2. The fourth-order valence-electron chi connectivity index (χ4n) is 2.49. The maximum Gasteiger partial charge on any atom is 0.0890 e. The summed E-state index contributed by atoms with van der Waals surface area (Å²) >= 11 is 1.75. The maximum absolute atomic E-state index is 4.77. The van der Waals surface area contributed by atoms with Crippen molar-refractivity contribution >= 4 is 22.4 Å². The lowest BCUT2D eigenvalue weighted by Gasteiger charge is -2.17. The first-order valence-electron chi connectivity index (χ1n) is 7.33. The minimum Gasteiger partial charge on any atom is -0.309 e. The molecule has 3 aromatic rings. The molecule has 21 heavy (non-hydrogen) atoms. The lowest BCUT2D eigenvalue weighted by molar-refractivity contribution is 0.504. The molecule has 0 aliphatic heterocycles. The summed E-state index contributed by atoms with van der Waals surface area (Å²) in [6, 6.07) is 10.5. The molecule has 0 fully saturated rings. The number of aryl methyl sites for hydroxylation is 1. The Balaban J connectivity index is 1.80. The van der Waals surface area contributed by atoms with Crippen molar-refractivity contribution in [2.45, 2.75) is 25.8 Å². The second kappa shape index (κ2) is 6.78. The van der Waals surface area contributed by atoms with Crippen LogP contribution in [0.5, 0.6) is 0 Å². The van der Waals surface area contributed by atoms with Crippen LogP contribution in [-0.2, 0) is 6.42 Å². The van der Waals surface area contributed by atoms with Gasteiger partial charge in [-0.15, -0.1) is 0 Å². The molecule has 3 nitrogen and oxygen atoms in total. The third-order valence-electron chi connectivity index (χ3n) is 3.58. The van der Waals surface area contributed by atoms with Gasteiger partial charge in [-0.2, -0.15) is 11.3 Å². The van der Waals surface area contributed by atoms with E-state index in [1.165, 1.54) is 5.56 Å². The van der Waals surface area contributed by atoms with Crippen LogP contribution in [0.1, 0.15) is 30.6 Å². The van der Waals surface area contributed by atoms with Gasteiger partial charge in [0.25, 0.3) is 0 Å². The largest absolute Gasteiger partial charge is 0.309 e. The SMILES string of the molecule is CCNC(CCc1ccsc1)c1cnc2ccccc2n1. The van der Waals surface area contributed by atoms with Gasteiger partial charge in [0.2, 0.25) is 0 Å². The van der Waals surface area contributed by atoms with Crippen LogP contribution in [0.3, 0.4) is 0 Å². The molecule has 108 valence electrons. The Bertz CT molecular complexity index is 694. The molecule has 0 aliphatic rings. The zero-order valence-corrected chi connectivity index (χ0v) is 12.9. The highest BCUT2D eigenvalue weighted by Gasteiger charge is 2.13. The first-order chi connectivity index (χ1) is 10.4. The van der Waals surface area contributed by atoms with E-state index in [0.29, 0.717) is 0 Å². The summed E-state index contributed by atoms with van der Waals surface area (Å²) in [6.45, 7) is 3.06. The monoisotopic (exact) mass is 297 g/mol. The average Bonchev–Trinajstić information content (AvgIpc) is 3.04. The van der Waals surface area contributed by atoms with Crippen molar-refractivity contribution in [2.24, 2.45) is 0 Å². The summed E-state index contributed by atoms with van der Waals surface area (Å²) in [5, 5.41) is 7.88. The highest BCUT2D eigenvalue weighted by molar-refractivity contribution is 7.07. The van der Waals surface area contributed by atoms with Crippen molar-refractivity contribution in [3.63, 3.8) is 0 Å². The third kappa shape index (κ3) is 3.46. The first-order valence-corrected chi connectivity index (χ1v) is 8.27. The van der Waals surface area contributed by atoms with E-state index in [9.17, 15) is 0 Å². The van der Waals surface area contributed by atoms with Crippen LogP contribution in [0.2, 0.25) is 0 Å². The Hall–Kier alpha value is -1.78. The highest BCUT2D eigenvalue weighted by Crippen LogP contribution is 2.20. The number of hydrogen-bond donors (Lipinski definition) is 1. The van der Waals surface area contributed by atoms with Gasteiger partial charge in [0.15, 0.2) is 0 Å². The summed E-state index contributed by atoms with van der Waals surface area (Å²) in [5.74, 6) is 0. The normalized spacial score (nSPS) is 12.6. The topological polar surface area (TPSA) is 37.8 Å². The number of rotatable bonds is 6. The Labute approximate surface area is 129 Å². The molecule has 1 unspecified atom stereocenters. The van der Waals surface area contributed by atoms with Crippen LogP contribution in [-0.4, -0.2) is 16.5 Å². The van der Waals surface area contributed by atoms with E-state index in [-0.39, 0.29) is 6.04 Å². The van der Waals surface area contributed by atoms with E-state index < -0.39 is 0 Å². The van der Waals surface area contributed by atoms with E-state index in [4.69, 9.17) is 4.98 Å². The molecule has 1 N–H and O–H groups in total. The van der Waals surface area contributed by atoms with Gasteiger partial charge in [-0.25, -0.2) is 4.98 Å². The van der Waals surface area contributed by atoms with Gasteiger partial charge in [-0.05, 0) is 53.9 Å². The number of nitrogens with one attached hydrogen (secondary N) is 1. The first kappa shape index (κ1) is 14.2. The quantitative estimate of drug-likeness (QED) is 0.748. The van der Waals surface area contributed by atoms with Crippen LogP contribution in [0.15, 0.2) is 47.3 Å². The summed E-state index contributed by atoms with van der Waals surface area (Å²) in [6.07, 6.45) is 4.01. The summed E-state index contributed by atoms with van der Waals surface area (Å²) in [5.41, 5.74) is 4.35. The molecular weight excluding hydrogens is 278 g/mol. The molecule has 0 aliphatic carbocycles. The number of thiophene rings is 1. The van der Waals surface area contributed by atoms with E-state index in [1.807, 2.05) is 30.5 Å². The summed E-state index contributed by atoms with van der Waals surface area (Å²) < 4.78 is 0. The maximum atomic E-state index is 4.77. The Kier molecular flexibility index (Phi) is 4.58. The van der Waals surface area contributed by atoms with Crippen molar-refractivity contribution in [2.75, 3.05) is 6.54 Å². The Morgan fingerprint density at radius 2 is 2.05 bits per heavy atom. The number of benzene rings is 1. The molecule has 0 amide bonds. The predicted molar refractivity (Wildman–Crippen MR) is 88.6 cm³/mol. The molecule has 3 rings (SSSR count).